The molecule has 1 unspecified atom stereocenters. The molecule has 0 bridgehead atoms. The fraction of sp³-hybridized carbons (Fsp3) is 0.800. The van der Waals surface area contributed by atoms with Crippen molar-refractivity contribution in [1.29, 1.82) is 0 Å². The van der Waals surface area contributed by atoms with Gasteiger partial charge in [-0.05, 0) is 31.6 Å². The molecule has 2 amide bonds. The molecule has 15 heavy (non-hydrogen) atoms. The van der Waals surface area contributed by atoms with E-state index in [1.54, 1.807) is 0 Å². The molecule has 5 heteroatoms. The molecule has 0 aromatic carbocycles. The Balaban J connectivity index is 1.76. The predicted octanol–water partition coefficient (Wildman–Crippen LogP) is 0.701. The second-order valence-corrected chi connectivity index (χ2v) is 4.44. The molecule has 2 rings (SSSR count). The van der Waals surface area contributed by atoms with Gasteiger partial charge in [0.05, 0.1) is 0 Å². The first-order valence-corrected chi connectivity index (χ1v) is 5.44. The minimum atomic E-state index is -1.04. The van der Waals surface area contributed by atoms with Crippen LogP contribution in [0.25, 0.3) is 0 Å². The van der Waals surface area contributed by atoms with Crippen molar-refractivity contribution in [3.8, 4) is 0 Å². The average Bonchev–Trinajstić information content (AvgIpc) is 2.98. The van der Waals surface area contributed by atoms with Crippen LogP contribution in [-0.2, 0) is 4.79 Å². The Hall–Kier alpha value is -1.26. The maximum Gasteiger partial charge on any atom is 0.404 e. The van der Waals surface area contributed by atoms with Crippen LogP contribution in [-0.4, -0.2) is 29.2 Å². The van der Waals surface area contributed by atoms with Gasteiger partial charge in [0.1, 0.15) is 0 Å². The van der Waals surface area contributed by atoms with E-state index in [4.69, 9.17) is 5.11 Å². The van der Waals surface area contributed by atoms with E-state index in [1.807, 2.05) is 0 Å². The Morgan fingerprint density at radius 1 is 1.27 bits per heavy atom. The van der Waals surface area contributed by atoms with Crippen LogP contribution < -0.4 is 10.6 Å². The zero-order valence-electron chi connectivity index (χ0n) is 8.53. The Kier molecular flexibility index (Phi) is 2.79. The van der Waals surface area contributed by atoms with Gasteiger partial charge in [-0.1, -0.05) is 0 Å². The van der Waals surface area contributed by atoms with Gasteiger partial charge in [-0.2, -0.15) is 0 Å². The molecular weight excluding hydrogens is 196 g/mol. The first-order chi connectivity index (χ1) is 7.15. The summed E-state index contributed by atoms with van der Waals surface area (Å²) in [5, 5.41) is 13.9. The summed E-state index contributed by atoms with van der Waals surface area (Å²) in [6, 6.07) is 0.156. The number of hydrogen-bond donors (Lipinski definition) is 3. The first-order valence-electron chi connectivity index (χ1n) is 5.44. The van der Waals surface area contributed by atoms with E-state index in [0.29, 0.717) is 12.0 Å². The molecule has 2 saturated carbocycles. The SMILES string of the molecule is O=C(O)NC(CC(=O)NC1CC1)C1CC1. The van der Waals surface area contributed by atoms with Crippen LogP contribution in [0.5, 0.6) is 0 Å². The van der Waals surface area contributed by atoms with Gasteiger partial charge in [0.25, 0.3) is 0 Å². The molecule has 0 aromatic heterocycles. The number of carbonyl (C=O) groups excluding carboxylic acids is 1. The molecule has 84 valence electrons. The summed E-state index contributed by atoms with van der Waals surface area (Å²) in [6.45, 7) is 0. The number of amides is 2. The molecular formula is C10H16N2O3. The third-order valence-corrected chi connectivity index (χ3v) is 2.85. The summed E-state index contributed by atoms with van der Waals surface area (Å²) < 4.78 is 0. The van der Waals surface area contributed by atoms with Gasteiger partial charge in [0, 0.05) is 18.5 Å². The predicted molar refractivity (Wildman–Crippen MR) is 53.5 cm³/mol. The van der Waals surface area contributed by atoms with Gasteiger partial charge in [0.2, 0.25) is 5.91 Å². The molecule has 2 fully saturated rings. The summed E-state index contributed by atoms with van der Waals surface area (Å²) in [7, 11) is 0. The number of nitrogens with one attached hydrogen (secondary N) is 2. The second-order valence-electron chi connectivity index (χ2n) is 4.44. The van der Waals surface area contributed by atoms with Crippen molar-refractivity contribution in [2.75, 3.05) is 0 Å². The number of carboxylic acid groups (broad SMARTS) is 1. The van der Waals surface area contributed by atoms with Crippen LogP contribution in [0.4, 0.5) is 4.79 Å². The van der Waals surface area contributed by atoms with E-state index < -0.39 is 6.09 Å². The molecule has 3 N–H and O–H groups in total. The van der Waals surface area contributed by atoms with E-state index >= 15 is 0 Å². The van der Waals surface area contributed by atoms with Gasteiger partial charge >= 0.3 is 6.09 Å². The third-order valence-electron chi connectivity index (χ3n) is 2.85. The van der Waals surface area contributed by atoms with Crippen LogP contribution in [0.2, 0.25) is 0 Å². The highest BCUT2D eigenvalue weighted by Crippen LogP contribution is 2.34. The van der Waals surface area contributed by atoms with Crippen LogP contribution in [0, 0.1) is 5.92 Å². The number of carbonyl (C=O) groups is 2. The average molecular weight is 212 g/mol. The lowest BCUT2D eigenvalue weighted by atomic mass is 10.1. The fourth-order valence-corrected chi connectivity index (χ4v) is 1.71. The van der Waals surface area contributed by atoms with Crippen LogP contribution in [0.1, 0.15) is 32.1 Å². The fourth-order valence-electron chi connectivity index (χ4n) is 1.71. The topological polar surface area (TPSA) is 78.4 Å². The smallest absolute Gasteiger partial charge is 0.404 e. The molecule has 0 radical (unpaired) electrons. The quantitative estimate of drug-likeness (QED) is 0.627. The highest BCUT2D eigenvalue weighted by Gasteiger charge is 2.34. The van der Waals surface area contributed by atoms with Crippen LogP contribution in [0.3, 0.4) is 0 Å². The van der Waals surface area contributed by atoms with E-state index in [2.05, 4.69) is 10.6 Å². The molecule has 0 spiro atoms. The lowest BCUT2D eigenvalue weighted by Gasteiger charge is -2.15. The van der Waals surface area contributed by atoms with Crippen LogP contribution >= 0.6 is 0 Å². The Bertz CT molecular complexity index is 272. The molecule has 2 aliphatic carbocycles. The zero-order valence-corrected chi connectivity index (χ0v) is 8.53. The summed E-state index contributed by atoms with van der Waals surface area (Å²) in [6.07, 6.45) is 3.43. The number of rotatable bonds is 5. The van der Waals surface area contributed by atoms with Crippen molar-refractivity contribution in [2.24, 2.45) is 5.92 Å². The summed E-state index contributed by atoms with van der Waals surface area (Å²) in [4.78, 5) is 22.0. The highest BCUT2D eigenvalue weighted by molar-refractivity contribution is 5.78. The van der Waals surface area contributed by atoms with E-state index in [9.17, 15) is 9.59 Å². The summed E-state index contributed by atoms with van der Waals surface area (Å²) >= 11 is 0. The normalized spacial score (nSPS) is 21.9. The van der Waals surface area contributed by atoms with E-state index in [1.165, 1.54) is 0 Å². The minimum absolute atomic E-state index is 0.0249. The van der Waals surface area contributed by atoms with Gasteiger partial charge in [-0.3, -0.25) is 4.79 Å². The first kappa shape index (κ1) is 10.3. The van der Waals surface area contributed by atoms with Gasteiger partial charge in [-0.15, -0.1) is 0 Å². The van der Waals surface area contributed by atoms with Gasteiger partial charge in [-0.25, -0.2) is 4.79 Å². The molecule has 1 atom stereocenters. The highest BCUT2D eigenvalue weighted by atomic mass is 16.4. The summed E-state index contributed by atoms with van der Waals surface area (Å²) in [5.41, 5.74) is 0. The molecule has 2 aliphatic rings. The van der Waals surface area contributed by atoms with Gasteiger partial charge in [0.15, 0.2) is 0 Å². The lowest BCUT2D eigenvalue weighted by molar-refractivity contribution is -0.121. The lowest BCUT2D eigenvalue weighted by Crippen LogP contribution is -2.40. The zero-order chi connectivity index (χ0) is 10.8. The Morgan fingerprint density at radius 3 is 2.40 bits per heavy atom. The van der Waals surface area contributed by atoms with Crippen molar-refractivity contribution in [3.05, 3.63) is 0 Å². The molecule has 0 aliphatic heterocycles. The third kappa shape index (κ3) is 3.42. The van der Waals surface area contributed by atoms with Crippen LogP contribution in [0.15, 0.2) is 0 Å². The summed E-state index contributed by atoms with van der Waals surface area (Å²) in [5.74, 6) is 0.342. The molecule has 0 saturated heterocycles. The van der Waals surface area contributed by atoms with E-state index in [-0.39, 0.29) is 18.4 Å². The van der Waals surface area contributed by atoms with Crippen molar-refractivity contribution < 1.29 is 14.7 Å². The van der Waals surface area contributed by atoms with Crippen molar-refractivity contribution >= 4 is 12.0 Å². The van der Waals surface area contributed by atoms with Gasteiger partial charge < -0.3 is 15.7 Å². The Morgan fingerprint density at radius 2 is 1.93 bits per heavy atom. The number of hydrogen-bond acceptors (Lipinski definition) is 2. The maximum absolute atomic E-state index is 11.5. The van der Waals surface area contributed by atoms with Crippen molar-refractivity contribution in [1.82, 2.24) is 10.6 Å². The molecule has 0 heterocycles. The molecule has 0 aromatic rings. The minimum Gasteiger partial charge on any atom is -0.465 e. The maximum atomic E-state index is 11.5. The Labute approximate surface area is 88.2 Å². The van der Waals surface area contributed by atoms with E-state index in [0.717, 1.165) is 25.7 Å². The monoisotopic (exact) mass is 212 g/mol. The van der Waals surface area contributed by atoms with Crippen molar-refractivity contribution in [2.45, 2.75) is 44.2 Å². The van der Waals surface area contributed by atoms with Crippen molar-refractivity contribution in [3.63, 3.8) is 0 Å². The molecule has 5 nitrogen and oxygen atoms in total. The second kappa shape index (κ2) is 4.08. The largest absolute Gasteiger partial charge is 0.465 e. The standard InChI is InChI=1S/C10H16N2O3/c13-9(11-7-3-4-7)5-8(6-1-2-6)12-10(14)15/h6-8,12H,1-5H2,(H,11,13)(H,14,15).